The first-order valence-corrected chi connectivity index (χ1v) is 12.8. The Morgan fingerprint density at radius 1 is 0.730 bits per heavy atom. The van der Waals surface area contributed by atoms with Crippen LogP contribution in [-0.4, -0.2) is 0 Å². The Hall–Kier alpha value is -4.17. The molecule has 0 saturated heterocycles. The van der Waals surface area contributed by atoms with Crippen molar-refractivity contribution in [2.45, 2.75) is 31.8 Å². The van der Waals surface area contributed by atoms with E-state index in [0.717, 1.165) is 33.2 Å². The Bertz CT molecular complexity index is 1690. The minimum atomic E-state index is -0.824. The summed E-state index contributed by atoms with van der Waals surface area (Å²) < 4.78 is 22.0. The van der Waals surface area contributed by atoms with Crippen LogP contribution in [0.25, 0.3) is 28.0 Å². The minimum Gasteiger partial charge on any atom is -0.472 e. The third-order valence-corrected chi connectivity index (χ3v) is 8.16. The summed E-state index contributed by atoms with van der Waals surface area (Å²) >= 11 is 0. The summed E-state index contributed by atoms with van der Waals surface area (Å²) in [5.74, 6) is 0.472. The molecule has 0 aromatic heterocycles. The van der Waals surface area contributed by atoms with Gasteiger partial charge >= 0.3 is 0 Å². The molecule has 37 heavy (non-hydrogen) atoms. The van der Waals surface area contributed by atoms with Gasteiger partial charge in [-0.05, 0) is 52.8 Å². The molecule has 0 radical (unpaired) electrons. The van der Waals surface area contributed by atoms with E-state index in [4.69, 9.17) is 4.74 Å². The van der Waals surface area contributed by atoms with Gasteiger partial charge in [0.1, 0.15) is 11.6 Å². The largest absolute Gasteiger partial charge is 0.472 e. The fourth-order valence-corrected chi connectivity index (χ4v) is 6.42. The second kappa shape index (κ2) is 7.66. The summed E-state index contributed by atoms with van der Waals surface area (Å²) in [4.78, 5) is 0. The van der Waals surface area contributed by atoms with Gasteiger partial charge < -0.3 is 4.74 Å². The predicted octanol–water partition coefficient (Wildman–Crippen LogP) is 8.94. The van der Waals surface area contributed by atoms with Crippen LogP contribution in [0.4, 0.5) is 4.39 Å². The number of halogens is 1. The quantitative estimate of drug-likeness (QED) is 0.244. The van der Waals surface area contributed by atoms with Crippen molar-refractivity contribution in [3.8, 4) is 16.9 Å². The fourth-order valence-electron chi connectivity index (χ4n) is 6.42. The van der Waals surface area contributed by atoms with Crippen LogP contribution in [0, 0.1) is 12.7 Å². The number of hydrogen-bond acceptors (Lipinski definition) is 1. The first kappa shape index (κ1) is 22.1. The van der Waals surface area contributed by atoms with Gasteiger partial charge in [0.15, 0.2) is 5.60 Å². The zero-order valence-electron chi connectivity index (χ0n) is 21.2. The smallest absolute Gasteiger partial charge is 0.178 e. The van der Waals surface area contributed by atoms with Crippen molar-refractivity contribution in [3.63, 3.8) is 0 Å². The van der Waals surface area contributed by atoms with Crippen LogP contribution in [0.5, 0.6) is 5.75 Å². The molecular formula is C35H27FO. The highest BCUT2D eigenvalue weighted by molar-refractivity contribution is 6.08. The lowest BCUT2D eigenvalue weighted by Gasteiger charge is -2.38. The Balaban J connectivity index is 1.59. The molecular weight excluding hydrogens is 455 g/mol. The molecule has 0 spiro atoms. The molecule has 1 aliphatic carbocycles. The summed E-state index contributed by atoms with van der Waals surface area (Å²) in [6.45, 7) is 6.72. The van der Waals surface area contributed by atoms with E-state index < -0.39 is 5.60 Å². The lowest BCUT2D eigenvalue weighted by molar-refractivity contribution is 0.163. The molecule has 0 saturated carbocycles. The third-order valence-electron chi connectivity index (χ3n) is 8.16. The topological polar surface area (TPSA) is 9.23 Å². The van der Waals surface area contributed by atoms with E-state index >= 15 is 0 Å². The summed E-state index contributed by atoms with van der Waals surface area (Å²) in [5, 5.41) is 1.83. The highest BCUT2D eigenvalue weighted by Crippen LogP contribution is 2.58. The van der Waals surface area contributed by atoms with Crippen LogP contribution >= 0.6 is 0 Å². The zero-order chi connectivity index (χ0) is 25.4. The van der Waals surface area contributed by atoms with Crippen molar-refractivity contribution < 1.29 is 9.13 Å². The second-order valence-electron chi connectivity index (χ2n) is 10.8. The number of hydrogen-bond donors (Lipinski definition) is 0. The van der Waals surface area contributed by atoms with Crippen LogP contribution in [0.2, 0.25) is 0 Å². The highest BCUT2D eigenvalue weighted by Gasteiger charge is 2.44. The summed E-state index contributed by atoms with van der Waals surface area (Å²) in [6.07, 6.45) is 4.39. The highest BCUT2D eigenvalue weighted by atomic mass is 19.1. The van der Waals surface area contributed by atoms with E-state index in [9.17, 15) is 4.39 Å². The number of benzene rings is 5. The van der Waals surface area contributed by atoms with Crippen LogP contribution < -0.4 is 4.74 Å². The van der Waals surface area contributed by atoms with E-state index in [1.165, 1.54) is 27.8 Å². The van der Waals surface area contributed by atoms with Crippen LogP contribution in [0.3, 0.4) is 0 Å². The van der Waals surface area contributed by atoms with Gasteiger partial charge in [0, 0.05) is 27.5 Å². The van der Waals surface area contributed by atoms with Gasteiger partial charge in [0.25, 0.3) is 0 Å². The van der Waals surface area contributed by atoms with Gasteiger partial charge in [-0.15, -0.1) is 0 Å². The Morgan fingerprint density at radius 2 is 1.41 bits per heavy atom. The van der Waals surface area contributed by atoms with Crippen molar-refractivity contribution >= 4 is 16.8 Å². The number of fused-ring (bicyclic) bond motifs is 8. The number of ether oxygens (including phenoxy) is 1. The van der Waals surface area contributed by atoms with E-state index in [0.29, 0.717) is 0 Å². The van der Waals surface area contributed by atoms with E-state index in [2.05, 4.69) is 75.4 Å². The zero-order valence-corrected chi connectivity index (χ0v) is 21.2. The maximum atomic E-state index is 14.8. The van der Waals surface area contributed by atoms with Crippen LogP contribution in [0.15, 0.2) is 103 Å². The van der Waals surface area contributed by atoms with E-state index in [1.54, 1.807) is 12.1 Å². The Kier molecular flexibility index (Phi) is 4.57. The Morgan fingerprint density at radius 3 is 2.08 bits per heavy atom. The number of rotatable bonds is 2. The summed E-state index contributed by atoms with van der Waals surface area (Å²) in [6, 6.07) is 32.4. The first-order valence-electron chi connectivity index (χ1n) is 12.8. The van der Waals surface area contributed by atoms with Gasteiger partial charge in [-0.3, -0.25) is 0 Å². The predicted molar refractivity (Wildman–Crippen MR) is 150 cm³/mol. The molecule has 0 N–H and O–H groups in total. The van der Waals surface area contributed by atoms with Gasteiger partial charge in [-0.25, -0.2) is 4.39 Å². The molecule has 0 unspecified atom stereocenters. The molecule has 0 fully saturated rings. The minimum absolute atomic E-state index is 0.226. The monoisotopic (exact) mass is 482 g/mol. The molecule has 180 valence electrons. The molecule has 1 heterocycles. The average molecular weight is 483 g/mol. The van der Waals surface area contributed by atoms with E-state index in [1.807, 2.05) is 42.5 Å². The van der Waals surface area contributed by atoms with Crippen LogP contribution in [-0.2, 0) is 11.0 Å². The molecule has 7 rings (SSSR count). The first-order chi connectivity index (χ1) is 17.9. The lowest BCUT2D eigenvalue weighted by Crippen LogP contribution is -2.35. The van der Waals surface area contributed by atoms with Crippen molar-refractivity contribution in [1.29, 1.82) is 0 Å². The average Bonchev–Trinajstić information content (AvgIpc) is 3.16. The summed E-state index contributed by atoms with van der Waals surface area (Å²) in [7, 11) is 0. The molecule has 0 bridgehead atoms. The van der Waals surface area contributed by atoms with Crippen molar-refractivity contribution in [3.05, 3.63) is 142 Å². The lowest BCUT2D eigenvalue weighted by atomic mass is 9.76. The van der Waals surface area contributed by atoms with Crippen LogP contribution in [0.1, 0.15) is 47.2 Å². The molecule has 1 nitrogen and oxygen atoms in total. The van der Waals surface area contributed by atoms with Gasteiger partial charge in [-0.2, -0.15) is 0 Å². The summed E-state index contributed by atoms with van der Waals surface area (Å²) in [5.41, 5.74) is 8.25. The standard InChI is InChI=1S/C35H27FO/c1-22-14-16-27-30(20-22)34(2,3)32-28-18-19-35(23-10-6-4-7-11-23,24-12-8-5-9-13-24)37-33(28)29-21-25(36)15-17-26(29)31(27)32/h4-21H,1-3H3. The van der Waals surface area contributed by atoms with Gasteiger partial charge in [-0.1, -0.05) is 110 Å². The maximum absolute atomic E-state index is 14.8. The van der Waals surface area contributed by atoms with Gasteiger partial charge in [0.05, 0.1) is 0 Å². The SMILES string of the molecule is Cc1ccc2c(c1)C(C)(C)c1c3c(c4cc(F)ccc4c1-2)OC(c1ccccc1)(c1ccccc1)C=C3. The molecule has 5 aromatic carbocycles. The second-order valence-corrected chi connectivity index (χ2v) is 10.8. The van der Waals surface area contributed by atoms with Crippen molar-refractivity contribution in [1.82, 2.24) is 0 Å². The molecule has 2 heteroatoms. The maximum Gasteiger partial charge on any atom is 0.178 e. The molecule has 1 aliphatic heterocycles. The molecule has 2 aliphatic rings. The normalized spacial score (nSPS) is 16.1. The fraction of sp³-hybridized carbons (Fsp3) is 0.143. The molecule has 0 atom stereocenters. The molecule has 0 amide bonds. The number of aryl methyl sites for hydroxylation is 1. The van der Waals surface area contributed by atoms with Gasteiger partial charge in [0.2, 0.25) is 0 Å². The van der Waals surface area contributed by atoms with Crippen molar-refractivity contribution in [2.75, 3.05) is 0 Å². The Labute approximate surface area is 216 Å². The third kappa shape index (κ3) is 3.02. The molecule has 5 aromatic rings. The van der Waals surface area contributed by atoms with Crippen molar-refractivity contribution in [2.24, 2.45) is 0 Å². The van der Waals surface area contributed by atoms with E-state index in [-0.39, 0.29) is 11.2 Å².